The van der Waals surface area contributed by atoms with E-state index in [1.807, 2.05) is 0 Å². The molecule has 8 heteroatoms. The molecule has 0 radical (unpaired) electrons. The lowest BCUT2D eigenvalue weighted by atomic mass is 10.1. The fourth-order valence-corrected chi connectivity index (χ4v) is 2.71. The Bertz CT molecular complexity index is 925. The third-order valence-electron chi connectivity index (χ3n) is 4.05. The SMILES string of the molecule is COC(=O)c1ccc(-c2cnnn2-c2cc(OC)c(OC)c(OC)c2)cc1. The van der Waals surface area contributed by atoms with E-state index in [-0.39, 0.29) is 0 Å². The molecular weight excluding hydrogens is 350 g/mol. The minimum absolute atomic E-state index is 0.391. The van der Waals surface area contributed by atoms with Crippen LogP contribution in [0.4, 0.5) is 0 Å². The van der Waals surface area contributed by atoms with Crippen LogP contribution in [0.3, 0.4) is 0 Å². The first-order valence-corrected chi connectivity index (χ1v) is 8.02. The summed E-state index contributed by atoms with van der Waals surface area (Å²) in [5, 5.41) is 8.18. The minimum Gasteiger partial charge on any atom is -0.493 e. The second kappa shape index (κ2) is 7.77. The maximum Gasteiger partial charge on any atom is 0.337 e. The van der Waals surface area contributed by atoms with E-state index in [2.05, 4.69) is 10.3 Å². The van der Waals surface area contributed by atoms with Crippen molar-refractivity contribution in [2.75, 3.05) is 28.4 Å². The third-order valence-corrected chi connectivity index (χ3v) is 4.05. The monoisotopic (exact) mass is 369 g/mol. The summed E-state index contributed by atoms with van der Waals surface area (Å²) in [5.41, 5.74) is 2.73. The van der Waals surface area contributed by atoms with Gasteiger partial charge < -0.3 is 18.9 Å². The Morgan fingerprint density at radius 3 is 2.07 bits per heavy atom. The normalized spacial score (nSPS) is 10.4. The maximum atomic E-state index is 11.6. The number of hydrogen-bond donors (Lipinski definition) is 0. The van der Waals surface area contributed by atoms with Crippen LogP contribution in [-0.4, -0.2) is 49.4 Å². The van der Waals surface area contributed by atoms with Gasteiger partial charge >= 0.3 is 5.97 Å². The number of carbonyl (C=O) groups excluding carboxylic acids is 1. The molecule has 0 bridgehead atoms. The van der Waals surface area contributed by atoms with Gasteiger partial charge in [0.05, 0.1) is 51.6 Å². The Morgan fingerprint density at radius 1 is 0.926 bits per heavy atom. The van der Waals surface area contributed by atoms with Crippen molar-refractivity contribution in [1.29, 1.82) is 0 Å². The van der Waals surface area contributed by atoms with Gasteiger partial charge in [-0.25, -0.2) is 9.48 Å². The molecule has 3 rings (SSSR count). The summed E-state index contributed by atoms with van der Waals surface area (Å²) in [7, 11) is 5.99. The predicted molar refractivity (Wildman–Crippen MR) is 97.8 cm³/mol. The van der Waals surface area contributed by atoms with E-state index in [1.54, 1.807) is 68.6 Å². The number of methoxy groups -OCH3 is 4. The van der Waals surface area contributed by atoms with Gasteiger partial charge in [0.1, 0.15) is 0 Å². The number of nitrogens with zero attached hydrogens (tertiary/aromatic N) is 3. The first-order chi connectivity index (χ1) is 13.1. The van der Waals surface area contributed by atoms with Crippen molar-refractivity contribution >= 4 is 5.97 Å². The molecule has 0 fully saturated rings. The molecule has 0 aliphatic heterocycles. The highest BCUT2D eigenvalue weighted by Crippen LogP contribution is 2.39. The topological polar surface area (TPSA) is 84.7 Å². The van der Waals surface area contributed by atoms with E-state index in [0.29, 0.717) is 28.5 Å². The number of benzene rings is 2. The van der Waals surface area contributed by atoms with Gasteiger partial charge in [0.15, 0.2) is 11.5 Å². The minimum atomic E-state index is -0.391. The Labute approximate surface area is 156 Å². The van der Waals surface area contributed by atoms with Gasteiger partial charge in [0, 0.05) is 17.7 Å². The molecule has 140 valence electrons. The lowest BCUT2D eigenvalue weighted by Gasteiger charge is -2.15. The zero-order valence-electron chi connectivity index (χ0n) is 15.4. The summed E-state index contributed by atoms with van der Waals surface area (Å²) in [6.07, 6.45) is 1.64. The van der Waals surface area contributed by atoms with Crippen LogP contribution >= 0.6 is 0 Å². The largest absolute Gasteiger partial charge is 0.493 e. The molecule has 2 aromatic carbocycles. The third kappa shape index (κ3) is 3.41. The molecule has 0 N–H and O–H groups in total. The van der Waals surface area contributed by atoms with E-state index in [9.17, 15) is 4.79 Å². The Hall–Kier alpha value is -3.55. The van der Waals surface area contributed by atoms with Gasteiger partial charge in [-0.15, -0.1) is 5.10 Å². The van der Waals surface area contributed by atoms with Crippen LogP contribution in [0, 0.1) is 0 Å². The lowest BCUT2D eigenvalue weighted by Crippen LogP contribution is -2.03. The standard InChI is InChI=1S/C19H19N3O5/c1-24-16-9-14(10-17(25-2)18(16)26-3)22-15(11-20-21-22)12-5-7-13(8-6-12)19(23)27-4/h5-11H,1-4H3. The van der Waals surface area contributed by atoms with E-state index >= 15 is 0 Å². The molecule has 0 amide bonds. The zero-order chi connectivity index (χ0) is 19.4. The lowest BCUT2D eigenvalue weighted by molar-refractivity contribution is 0.0601. The van der Waals surface area contributed by atoms with Crippen LogP contribution in [0.2, 0.25) is 0 Å². The number of esters is 1. The van der Waals surface area contributed by atoms with Crippen molar-refractivity contribution in [3.05, 3.63) is 48.2 Å². The molecule has 0 atom stereocenters. The fraction of sp³-hybridized carbons (Fsp3) is 0.211. The summed E-state index contributed by atoms with van der Waals surface area (Å²) in [6, 6.07) is 10.5. The van der Waals surface area contributed by atoms with Crippen molar-refractivity contribution in [2.24, 2.45) is 0 Å². The van der Waals surface area contributed by atoms with Gasteiger partial charge in [-0.05, 0) is 12.1 Å². The van der Waals surface area contributed by atoms with Crippen LogP contribution in [0.5, 0.6) is 17.2 Å². The van der Waals surface area contributed by atoms with Gasteiger partial charge in [0.2, 0.25) is 5.75 Å². The second-order valence-corrected chi connectivity index (χ2v) is 5.48. The smallest absolute Gasteiger partial charge is 0.337 e. The molecule has 0 aliphatic carbocycles. The number of hydrogen-bond acceptors (Lipinski definition) is 7. The van der Waals surface area contributed by atoms with E-state index < -0.39 is 5.97 Å². The molecule has 27 heavy (non-hydrogen) atoms. The highest BCUT2D eigenvalue weighted by Gasteiger charge is 2.17. The Balaban J connectivity index is 2.06. The average Bonchev–Trinajstić information content (AvgIpc) is 3.21. The zero-order valence-corrected chi connectivity index (χ0v) is 15.4. The molecule has 8 nitrogen and oxygen atoms in total. The van der Waals surface area contributed by atoms with Crippen molar-refractivity contribution in [2.45, 2.75) is 0 Å². The molecule has 0 saturated heterocycles. The number of ether oxygens (including phenoxy) is 4. The number of carbonyl (C=O) groups is 1. The van der Waals surface area contributed by atoms with Crippen LogP contribution in [-0.2, 0) is 4.74 Å². The van der Waals surface area contributed by atoms with Gasteiger partial charge in [-0.2, -0.15) is 0 Å². The highest BCUT2D eigenvalue weighted by atomic mass is 16.5. The molecule has 1 aromatic heterocycles. The molecular formula is C19H19N3O5. The molecule has 3 aromatic rings. The van der Waals surface area contributed by atoms with E-state index in [1.165, 1.54) is 7.11 Å². The van der Waals surface area contributed by atoms with Crippen molar-refractivity contribution < 1.29 is 23.7 Å². The highest BCUT2D eigenvalue weighted by molar-refractivity contribution is 5.89. The maximum absolute atomic E-state index is 11.6. The molecule has 0 saturated carbocycles. The van der Waals surface area contributed by atoms with Gasteiger partial charge in [-0.3, -0.25) is 0 Å². The first-order valence-electron chi connectivity index (χ1n) is 8.02. The number of rotatable bonds is 6. The van der Waals surface area contributed by atoms with Gasteiger partial charge in [0.25, 0.3) is 0 Å². The summed E-state index contributed by atoms with van der Waals surface area (Å²) >= 11 is 0. The van der Waals surface area contributed by atoms with Crippen LogP contribution in [0.15, 0.2) is 42.6 Å². The molecule has 1 heterocycles. The second-order valence-electron chi connectivity index (χ2n) is 5.48. The van der Waals surface area contributed by atoms with Crippen molar-refractivity contribution in [1.82, 2.24) is 15.0 Å². The first kappa shape index (κ1) is 18.2. The predicted octanol–water partition coefficient (Wildman–Crippen LogP) is 2.75. The van der Waals surface area contributed by atoms with Crippen molar-refractivity contribution in [3.63, 3.8) is 0 Å². The summed E-state index contributed by atoms with van der Waals surface area (Å²) < 4.78 is 22.5. The summed E-state index contributed by atoms with van der Waals surface area (Å²) in [4.78, 5) is 11.6. The van der Waals surface area contributed by atoms with Crippen LogP contribution < -0.4 is 14.2 Å². The summed E-state index contributed by atoms with van der Waals surface area (Å²) in [6.45, 7) is 0. The van der Waals surface area contributed by atoms with Gasteiger partial charge in [-0.1, -0.05) is 17.3 Å². The quantitative estimate of drug-likeness (QED) is 0.618. The van der Waals surface area contributed by atoms with E-state index in [4.69, 9.17) is 18.9 Å². The molecule has 0 aliphatic rings. The average molecular weight is 369 g/mol. The van der Waals surface area contributed by atoms with Crippen LogP contribution in [0.25, 0.3) is 16.9 Å². The van der Waals surface area contributed by atoms with E-state index in [0.717, 1.165) is 11.3 Å². The van der Waals surface area contributed by atoms with Crippen molar-refractivity contribution in [3.8, 4) is 34.2 Å². The Morgan fingerprint density at radius 2 is 1.56 bits per heavy atom. The summed E-state index contributed by atoms with van der Waals surface area (Å²) in [5.74, 6) is 1.12. The fourth-order valence-electron chi connectivity index (χ4n) is 2.71. The van der Waals surface area contributed by atoms with Crippen LogP contribution in [0.1, 0.15) is 10.4 Å². The number of aromatic nitrogens is 3. The molecule has 0 unspecified atom stereocenters. The Kier molecular flexibility index (Phi) is 5.25. The molecule has 0 spiro atoms.